The second kappa shape index (κ2) is 10.1. The Morgan fingerprint density at radius 2 is 1.76 bits per heavy atom. The van der Waals surface area contributed by atoms with Crippen LogP contribution < -0.4 is 9.80 Å². The number of carboxylic acid groups (broad SMARTS) is 1. The fraction of sp³-hybridized carbons (Fsp3) is 0.355. The van der Waals surface area contributed by atoms with Crippen LogP contribution in [-0.2, 0) is 4.79 Å². The molecule has 2 saturated heterocycles. The molecule has 4 aromatic rings. The van der Waals surface area contributed by atoms with Gasteiger partial charge in [-0.05, 0) is 49.1 Å². The van der Waals surface area contributed by atoms with E-state index in [4.69, 9.17) is 0 Å². The number of hydrogen-bond donors (Lipinski definition) is 1. The van der Waals surface area contributed by atoms with E-state index in [1.165, 1.54) is 11.0 Å². The van der Waals surface area contributed by atoms with Crippen LogP contribution in [0.4, 0.5) is 20.3 Å². The number of nitrogens with zero attached hydrogens (tertiary/aromatic N) is 6. The average molecular weight is 573 g/mol. The molecule has 2 fully saturated rings. The standard InChI is InChI=1S/C31H30F2N6O3/c1-18-21-5-2-3-6-22(21)25(33)17-38(18)30(40)27-15-29(36-10-4-11-36)39-28(34-27)14-26(35-39)23-8-7-20(13-24(23)32)37-12-9-19(16-37)31(41)42/h2-3,5-8,13-15,18-19,25H,4,9-12,16-17H2,1H3,(H,41,42)/t18-,19+,25?/m1/s1. The maximum Gasteiger partial charge on any atom is 0.308 e. The summed E-state index contributed by atoms with van der Waals surface area (Å²) in [7, 11) is 0. The molecule has 3 aliphatic heterocycles. The van der Waals surface area contributed by atoms with Gasteiger partial charge < -0.3 is 19.8 Å². The van der Waals surface area contributed by atoms with Crippen LogP contribution in [0, 0.1) is 11.7 Å². The van der Waals surface area contributed by atoms with Crippen molar-refractivity contribution in [3.8, 4) is 11.3 Å². The van der Waals surface area contributed by atoms with Crippen molar-refractivity contribution in [1.82, 2.24) is 19.5 Å². The van der Waals surface area contributed by atoms with Crippen molar-refractivity contribution in [1.29, 1.82) is 0 Å². The van der Waals surface area contributed by atoms with Gasteiger partial charge in [-0.2, -0.15) is 9.61 Å². The van der Waals surface area contributed by atoms with Gasteiger partial charge in [0, 0.05) is 49.6 Å². The Morgan fingerprint density at radius 3 is 2.45 bits per heavy atom. The lowest BCUT2D eigenvalue weighted by molar-refractivity contribution is -0.140. The van der Waals surface area contributed by atoms with Gasteiger partial charge in [-0.3, -0.25) is 9.59 Å². The van der Waals surface area contributed by atoms with Gasteiger partial charge in [0.2, 0.25) is 0 Å². The molecule has 1 amide bonds. The monoisotopic (exact) mass is 572 g/mol. The number of halogens is 2. The number of rotatable bonds is 5. The predicted octanol–water partition coefficient (Wildman–Crippen LogP) is 4.88. The number of anilines is 2. The molecule has 5 heterocycles. The molecule has 0 aliphatic carbocycles. The van der Waals surface area contributed by atoms with Crippen molar-refractivity contribution in [2.45, 2.75) is 32.0 Å². The van der Waals surface area contributed by atoms with E-state index < -0.39 is 23.9 Å². The first-order valence-corrected chi connectivity index (χ1v) is 14.3. The summed E-state index contributed by atoms with van der Waals surface area (Å²) in [5.74, 6) is -1.48. The molecule has 1 N–H and O–H groups in total. The van der Waals surface area contributed by atoms with Crippen LogP contribution in [0.15, 0.2) is 54.6 Å². The van der Waals surface area contributed by atoms with Gasteiger partial charge in [0.25, 0.3) is 5.91 Å². The van der Waals surface area contributed by atoms with Crippen LogP contribution in [0.5, 0.6) is 0 Å². The van der Waals surface area contributed by atoms with Crippen LogP contribution in [0.3, 0.4) is 0 Å². The molecule has 3 atom stereocenters. The summed E-state index contributed by atoms with van der Waals surface area (Å²) >= 11 is 0. The number of carbonyl (C=O) groups excluding carboxylic acids is 1. The topological polar surface area (TPSA) is 94.3 Å². The maximum absolute atomic E-state index is 15.4. The first kappa shape index (κ1) is 26.4. The highest BCUT2D eigenvalue weighted by atomic mass is 19.1. The minimum Gasteiger partial charge on any atom is -0.481 e. The van der Waals surface area contributed by atoms with Gasteiger partial charge in [0.15, 0.2) is 5.65 Å². The van der Waals surface area contributed by atoms with Gasteiger partial charge in [-0.1, -0.05) is 24.3 Å². The number of aliphatic carboxylic acids is 1. The Kier molecular flexibility index (Phi) is 6.32. The van der Waals surface area contributed by atoms with Crippen molar-refractivity contribution >= 4 is 29.0 Å². The Labute approximate surface area is 241 Å². The fourth-order valence-corrected chi connectivity index (χ4v) is 6.25. The lowest BCUT2D eigenvalue weighted by atomic mass is 9.92. The third-order valence-electron chi connectivity index (χ3n) is 8.81. The van der Waals surface area contributed by atoms with Crippen LogP contribution in [-0.4, -0.2) is 69.2 Å². The highest BCUT2D eigenvalue weighted by Crippen LogP contribution is 2.38. The summed E-state index contributed by atoms with van der Waals surface area (Å²) in [5, 5.41) is 14.0. The lowest BCUT2D eigenvalue weighted by Gasteiger charge is -2.37. The number of amides is 1. The highest BCUT2D eigenvalue weighted by Gasteiger charge is 2.35. The summed E-state index contributed by atoms with van der Waals surface area (Å²) in [6.45, 7) is 4.30. The number of carboxylic acids is 1. The summed E-state index contributed by atoms with van der Waals surface area (Å²) in [5.41, 5.74) is 3.25. The number of fused-ring (bicyclic) bond motifs is 2. The van der Waals surface area contributed by atoms with Crippen molar-refractivity contribution in [2.75, 3.05) is 42.5 Å². The van der Waals surface area contributed by atoms with E-state index in [2.05, 4.69) is 15.0 Å². The molecule has 0 saturated carbocycles. The van der Waals surface area contributed by atoms with Gasteiger partial charge in [-0.25, -0.2) is 13.8 Å². The second-order valence-corrected chi connectivity index (χ2v) is 11.3. The number of carbonyl (C=O) groups is 2. The molecular weight excluding hydrogens is 542 g/mol. The summed E-state index contributed by atoms with van der Waals surface area (Å²) in [4.78, 5) is 35.2. The fourth-order valence-electron chi connectivity index (χ4n) is 6.25. The zero-order valence-corrected chi connectivity index (χ0v) is 23.1. The Balaban J connectivity index is 1.23. The molecule has 216 valence electrons. The molecular formula is C31H30F2N6O3. The first-order valence-electron chi connectivity index (χ1n) is 14.3. The predicted molar refractivity (Wildman–Crippen MR) is 153 cm³/mol. The smallest absolute Gasteiger partial charge is 0.308 e. The molecule has 11 heteroatoms. The number of alkyl halides is 1. The van der Waals surface area contributed by atoms with Gasteiger partial charge in [0.1, 0.15) is 23.5 Å². The van der Waals surface area contributed by atoms with Crippen LogP contribution in [0.1, 0.15) is 53.6 Å². The molecule has 7 rings (SSSR count). The van der Waals surface area contributed by atoms with Crippen molar-refractivity contribution in [3.63, 3.8) is 0 Å². The minimum absolute atomic E-state index is 0.0603. The summed E-state index contributed by atoms with van der Waals surface area (Å²) in [6, 6.07) is 15.1. The summed E-state index contributed by atoms with van der Waals surface area (Å²) < 4.78 is 32.2. The molecule has 1 unspecified atom stereocenters. The maximum atomic E-state index is 15.4. The molecule has 3 aliphatic rings. The molecule has 9 nitrogen and oxygen atoms in total. The second-order valence-electron chi connectivity index (χ2n) is 11.3. The Morgan fingerprint density at radius 1 is 0.976 bits per heavy atom. The zero-order valence-electron chi connectivity index (χ0n) is 23.1. The Bertz CT molecular complexity index is 1720. The number of aromatic nitrogens is 3. The zero-order chi connectivity index (χ0) is 29.1. The van der Waals surface area contributed by atoms with E-state index in [-0.39, 0.29) is 29.8 Å². The van der Waals surface area contributed by atoms with E-state index in [1.807, 2.05) is 24.0 Å². The molecule has 2 aromatic heterocycles. The Hall–Kier alpha value is -4.54. The third kappa shape index (κ3) is 4.34. The van der Waals surface area contributed by atoms with Gasteiger partial charge >= 0.3 is 5.97 Å². The molecule has 0 spiro atoms. The van der Waals surface area contributed by atoms with E-state index in [0.717, 1.165) is 25.1 Å². The van der Waals surface area contributed by atoms with Gasteiger partial charge in [-0.15, -0.1) is 0 Å². The van der Waals surface area contributed by atoms with Crippen LogP contribution >= 0.6 is 0 Å². The average Bonchev–Trinajstić information content (AvgIpc) is 3.62. The van der Waals surface area contributed by atoms with Crippen molar-refractivity contribution in [2.24, 2.45) is 5.92 Å². The van der Waals surface area contributed by atoms with Crippen molar-refractivity contribution < 1.29 is 23.5 Å². The quantitative estimate of drug-likeness (QED) is 0.364. The minimum atomic E-state index is -1.29. The largest absolute Gasteiger partial charge is 0.481 e. The molecule has 2 aromatic carbocycles. The van der Waals surface area contributed by atoms with E-state index in [1.54, 1.807) is 40.9 Å². The third-order valence-corrected chi connectivity index (χ3v) is 8.81. The SMILES string of the molecule is C[C@@H]1c2ccccc2C(F)CN1C(=O)c1cc(N2CCC2)n2nc(-c3ccc(N4CC[C@H](C(=O)O)C4)cc3F)cc2n1. The highest BCUT2D eigenvalue weighted by molar-refractivity contribution is 5.94. The van der Waals surface area contributed by atoms with E-state index >= 15 is 8.78 Å². The lowest BCUT2D eigenvalue weighted by Crippen LogP contribution is -2.41. The molecule has 0 bridgehead atoms. The number of benzene rings is 2. The van der Waals surface area contributed by atoms with E-state index in [9.17, 15) is 14.7 Å². The van der Waals surface area contributed by atoms with E-state index in [0.29, 0.717) is 47.9 Å². The normalized spacial score (nSPS) is 21.9. The first-order chi connectivity index (χ1) is 20.3. The molecule has 42 heavy (non-hydrogen) atoms. The van der Waals surface area contributed by atoms with Crippen LogP contribution in [0.25, 0.3) is 16.9 Å². The number of hydrogen-bond acceptors (Lipinski definition) is 6. The molecule has 0 radical (unpaired) electrons. The van der Waals surface area contributed by atoms with Gasteiger partial charge in [0.05, 0.1) is 24.2 Å². The van der Waals surface area contributed by atoms with Crippen LogP contribution in [0.2, 0.25) is 0 Å². The van der Waals surface area contributed by atoms with Crippen molar-refractivity contribution in [3.05, 3.63) is 77.2 Å². The summed E-state index contributed by atoms with van der Waals surface area (Å²) in [6.07, 6.45) is 0.231.